The van der Waals surface area contributed by atoms with Gasteiger partial charge in [-0.3, -0.25) is 4.98 Å². The van der Waals surface area contributed by atoms with Gasteiger partial charge in [-0.25, -0.2) is 4.79 Å². The fourth-order valence-corrected chi connectivity index (χ4v) is 2.30. The Bertz CT molecular complexity index is 480. The quantitative estimate of drug-likeness (QED) is 0.877. The van der Waals surface area contributed by atoms with Crippen molar-refractivity contribution in [2.24, 2.45) is 0 Å². The molecule has 0 aliphatic heterocycles. The van der Waals surface area contributed by atoms with E-state index >= 15 is 0 Å². The number of hydrogen-bond acceptors (Lipinski definition) is 4. The molecule has 1 fully saturated rings. The van der Waals surface area contributed by atoms with E-state index in [0.717, 1.165) is 19.4 Å². The molecular formula is C17H27N3O2. The summed E-state index contributed by atoms with van der Waals surface area (Å²) in [7, 11) is 0. The average Bonchev–Trinajstić information content (AvgIpc) is 3.26. The highest BCUT2D eigenvalue weighted by atomic mass is 16.6. The minimum absolute atomic E-state index is 0.201. The third kappa shape index (κ3) is 5.30. The minimum atomic E-state index is -0.442. The Hall–Kier alpha value is -1.62. The highest BCUT2D eigenvalue weighted by molar-refractivity contribution is 5.69. The van der Waals surface area contributed by atoms with Gasteiger partial charge in [-0.2, -0.15) is 0 Å². The normalized spacial score (nSPS) is 16.2. The Morgan fingerprint density at radius 3 is 2.59 bits per heavy atom. The summed E-state index contributed by atoms with van der Waals surface area (Å²) in [5.74, 6) is 0. The molecule has 1 saturated carbocycles. The Morgan fingerprint density at radius 2 is 2.05 bits per heavy atom. The Kier molecular flexibility index (Phi) is 5.40. The van der Waals surface area contributed by atoms with E-state index in [4.69, 9.17) is 4.74 Å². The first-order valence-corrected chi connectivity index (χ1v) is 8.00. The van der Waals surface area contributed by atoms with E-state index in [1.165, 1.54) is 5.56 Å². The first kappa shape index (κ1) is 16.7. The SMILES string of the molecule is CC(NCCN(C(=O)OC(C)(C)C)C1CC1)c1ccncc1. The van der Waals surface area contributed by atoms with Gasteiger partial charge in [-0.05, 0) is 58.2 Å². The second kappa shape index (κ2) is 7.09. The van der Waals surface area contributed by atoms with Crippen LogP contribution >= 0.6 is 0 Å². The number of nitrogens with one attached hydrogen (secondary N) is 1. The van der Waals surface area contributed by atoms with Crippen LogP contribution in [-0.2, 0) is 4.74 Å². The highest BCUT2D eigenvalue weighted by Crippen LogP contribution is 2.28. The van der Waals surface area contributed by atoms with Crippen LogP contribution in [-0.4, -0.2) is 40.7 Å². The monoisotopic (exact) mass is 305 g/mol. The van der Waals surface area contributed by atoms with E-state index in [-0.39, 0.29) is 12.1 Å². The van der Waals surface area contributed by atoms with Gasteiger partial charge >= 0.3 is 6.09 Å². The fourth-order valence-electron chi connectivity index (χ4n) is 2.30. The summed E-state index contributed by atoms with van der Waals surface area (Å²) in [6.45, 7) is 9.25. The molecule has 0 bridgehead atoms. The zero-order valence-electron chi connectivity index (χ0n) is 14.0. The molecule has 0 saturated heterocycles. The maximum Gasteiger partial charge on any atom is 0.410 e. The lowest BCUT2D eigenvalue weighted by Crippen LogP contribution is -2.42. The third-order valence-electron chi connectivity index (χ3n) is 3.62. The van der Waals surface area contributed by atoms with Crippen LogP contribution in [0.2, 0.25) is 0 Å². The Morgan fingerprint density at radius 1 is 1.41 bits per heavy atom. The lowest BCUT2D eigenvalue weighted by Gasteiger charge is -2.28. The van der Waals surface area contributed by atoms with Crippen LogP contribution in [0.5, 0.6) is 0 Å². The molecule has 5 heteroatoms. The van der Waals surface area contributed by atoms with Crippen molar-refractivity contribution in [2.75, 3.05) is 13.1 Å². The van der Waals surface area contributed by atoms with Gasteiger partial charge in [0.25, 0.3) is 0 Å². The van der Waals surface area contributed by atoms with Gasteiger partial charge in [0.2, 0.25) is 0 Å². The molecule has 1 N–H and O–H groups in total. The Balaban J connectivity index is 1.81. The fraction of sp³-hybridized carbons (Fsp3) is 0.647. The molecule has 22 heavy (non-hydrogen) atoms. The summed E-state index contributed by atoms with van der Waals surface area (Å²) in [6, 6.07) is 4.60. The molecule has 122 valence electrons. The van der Waals surface area contributed by atoms with Crippen LogP contribution in [0.1, 0.15) is 52.1 Å². The van der Waals surface area contributed by atoms with E-state index in [9.17, 15) is 4.79 Å². The summed E-state index contributed by atoms with van der Waals surface area (Å²) in [5.41, 5.74) is 0.757. The first-order chi connectivity index (χ1) is 10.4. The van der Waals surface area contributed by atoms with Gasteiger partial charge in [0.05, 0.1) is 0 Å². The summed E-state index contributed by atoms with van der Waals surface area (Å²) >= 11 is 0. The van der Waals surface area contributed by atoms with Crippen molar-refractivity contribution in [3.05, 3.63) is 30.1 Å². The maximum atomic E-state index is 12.3. The van der Waals surface area contributed by atoms with Crippen LogP contribution in [0.15, 0.2) is 24.5 Å². The number of aromatic nitrogens is 1. The number of ether oxygens (including phenoxy) is 1. The van der Waals surface area contributed by atoms with Crippen molar-refractivity contribution in [1.82, 2.24) is 15.2 Å². The largest absolute Gasteiger partial charge is 0.444 e. The summed E-state index contributed by atoms with van der Waals surface area (Å²) < 4.78 is 5.49. The highest BCUT2D eigenvalue weighted by Gasteiger charge is 2.34. The molecule has 0 spiro atoms. The van der Waals surface area contributed by atoms with Gasteiger partial charge in [-0.15, -0.1) is 0 Å². The molecule has 1 unspecified atom stereocenters. The molecule has 1 aromatic heterocycles. The van der Waals surface area contributed by atoms with E-state index in [1.54, 1.807) is 12.4 Å². The second-order valence-electron chi connectivity index (χ2n) is 6.86. The zero-order chi connectivity index (χ0) is 16.2. The van der Waals surface area contributed by atoms with E-state index in [0.29, 0.717) is 12.6 Å². The number of carbonyl (C=O) groups is 1. The smallest absolute Gasteiger partial charge is 0.410 e. The van der Waals surface area contributed by atoms with Gasteiger partial charge in [0, 0.05) is 37.6 Å². The van der Waals surface area contributed by atoms with Crippen molar-refractivity contribution in [1.29, 1.82) is 0 Å². The van der Waals surface area contributed by atoms with E-state index < -0.39 is 5.60 Å². The summed E-state index contributed by atoms with van der Waals surface area (Å²) in [5, 5.41) is 3.45. The number of carbonyl (C=O) groups excluding carboxylic acids is 1. The van der Waals surface area contributed by atoms with Crippen molar-refractivity contribution in [3.63, 3.8) is 0 Å². The third-order valence-corrected chi connectivity index (χ3v) is 3.62. The topological polar surface area (TPSA) is 54.5 Å². The standard InChI is InChI=1S/C17H27N3O2/c1-13(14-7-9-18-10-8-14)19-11-12-20(15-5-6-15)16(21)22-17(2,3)4/h7-10,13,15,19H,5-6,11-12H2,1-4H3. The molecule has 1 aliphatic carbocycles. The Labute approximate surface area is 133 Å². The van der Waals surface area contributed by atoms with Gasteiger partial charge < -0.3 is 15.0 Å². The molecule has 1 heterocycles. The molecule has 1 aliphatic rings. The van der Waals surface area contributed by atoms with Crippen LogP contribution in [0.3, 0.4) is 0 Å². The molecule has 1 atom stereocenters. The van der Waals surface area contributed by atoms with Crippen molar-refractivity contribution < 1.29 is 9.53 Å². The number of amides is 1. The van der Waals surface area contributed by atoms with Crippen LogP contribution in [0, 0.1) is 0 Å². The predicted octanol–water partition coefficient (Wildman–Crippen LogP) is 3.13. The summed E-state index contributed by atoms with van der Waals surface area (Å²) in [4.78, 5) is 18.1. The lowest BCUT2D eigenvalue weighted by molar-refractivity contribution is 0.0235. The minimum Gasteiger partial charge on any atom is -0.444 e. The van der Waals surface area contributed by atoms with E-state index in [2.05, 4.69) is 17.2 Å². The predicted molar refractivity (Wildman–Crippen MR) is 86.6 cm³/mol. The van der Waals surface area contributed by atoms with Crippen molar-refractivity contribution in [2.45, 2.75) is 58.2 Å². The molecule has 1 amide bonds. The van der Waals surface area contributed by atoms with Crippen LogP contribution in [0.4, 0.5) is 4.79 Å². The van der Waals surface area contributed by atoms with Crippen LogP contribution in [0.25, 0.3) is 0 Å². The zero-order valence-corrected chi connectivity index (χ0v) is 14.0. The van der Waals surface area contributed by atoms with Crippen molar-refractivity contribution >= 4 is 6.09 Å². The van der Waals surface area contributed by atoms with Gasteiger partial charge in [-0.1, -0.05) is 0 Å². The number of hydrogen-bond donors (Lipinski definition) is 1. The first-order valence-electron chi connectivity index (χ1n) is 8.00. The van der Waals surface area contributed by atoms with Crippen molar-refractivity contribution in [3.8, 4) is 0 Å². The molecule has 1 aromatic rings. The van der Waals surface area contributed by atoms with Gasteiger partial charge in [0.1, 0.15) is 5.60 Å². The lowest BCUT2D eigenvalue weighted by atomic mass is 10.1. The second-order valence-corrected chi connectivity index (χ2v) is 6.86. The maximum absolute atomic E-state index is 12.3. The number of rotatable bonds is 6. The number of pyridine rings is 1. The molecular weight excluding hydrogens is 278 g/mol. The molecule has 5 nitrogen and oxygen atoms in total. The average molecular weight is 305 g/mol. The molecule has 2 rings (SSSR count). The molecule has 0 aromatic carbocycles. The number of nitrogens with zero attached hydrogens (tertiary/aromatic N) is 2. The van der Waals surface area contributed by atoms with Gasteiger partial charge in [0.15, 0.2) is 0 Å². The van der Waals surface area contributed by atoms with E-state index in [1.807, 2.05) is 37.8 Å². The van der Waals surface area contributed by atoms with Crippen LogP contribution < -0.4 is 5.32 Å². The molecule has 0 radical (unpaired) electrons. The summed E-state index contributed by atoms with van der Waals surface area (Å²) in [6.07, 6.45) is 5.56.